The van der Waals surface area contributed by atoms with Gasteiger partial charge in [-0.2, -0.15) is 0 Å². The topological polar surface area (TPSA) is 111 Å². The number of rotatable bonds is 69. The van der Waals surface area contributed by atoms with E-state index in [9.17, 15) is 19.0 Å². The van der Waals surface area contributed by atoms with Crippen LogP contribution < -0.4 is 4.89 Å². The van der Waals surface area contributed by atoms with E-state index in [0.717, 1.165) is 122 Å². The summed E-state index contributed by atoms with van der Waals surface area (Å²) < 4.78 is 34.3. The van der Waals surface area contributed by atoms with Crippen LogP contribution in [0.2, 0.25) is 0 Å². The molecule has 0 saturated carbocycles. The molecule has 9 nitrogen and oxygen atoms in total. The van der Waals surface area contributed by atoms with E-state index in [0.29, 0.717) is 17.4 Å². The van der Waals surface area contributed by atoms with Crippen molar-refractivity contribution in [2.45, 2.75) is 315 Å². The quantitative estimate of drug-likeness (QED) is 0.0195. The van der Waals surface area contributed by atoms with Gasteiger partial charge in [-0.05, 0) is 122 Å². The number of likely N-dealkylation sites (N-methyl/N-ethyl adjacent to an activating group) is 1. The number of esters is 2. The Bertz CT molecular complexity index is 2150. The van der Waals surface area contributed by atoms with E-state index >= 15 is 0 Å². The molecule has 0 aliphatic rings. The first kappa shape index (κ1) is 89.6. The summed E-state index contributed by atoms with van der Waals surface area (Å²) >= 11 is 0. The van der Waals surface area contributed by atoms with E-state index < -0.39 is 32.5 Å². The van der Waals surface area contributed by atoms with Gasteiger partial charge in [-0.25, -0.2) is 0 Å². The highest BCUT2D eigenvalue weighted by Gasteiger charge is 2.22. The highest BCUT2D eigenvalue weighted by atomic mass is 31.2. The maximum atomic E-state index is 12.9. The van der Waals surface area contributed by atoms with E-state index in [4.69, 9.17) is 18.5 Å². The average Bonchev–Trinajstić information content (AvgIpc) is 1.66. The number of allylic oxidation sites excluding steroid dienone is 26. The first-order valence-electron chi connectivity index (χ1n) is 38.2. The molecule has 0 spiro atoms. The normalized spacial score (nSPS) is 14.0. The van der Waals surface area contributed by atoms with Gasteiger partial charge in [0.25, 0.3) is 7.82 Å². The Hall–Kier alpha value is -4.37. The van der Waals surface area contributed by atoms with Gasteiger partial charge in [0.05, 0.1) is 27.7 Å². The Labute approximate surface area is 579 Å². The van der Waals surface area contributed by atoms with Crippen molar-refractivity contribution >= 4 is 19.8 Å². The zero-order chi connectivity index (χ0) is 68.3. The molecule has 0 aromatic rings. The van der Waals surface area contributed by atoms with Gasteiger partial charge in [-0.3, -0.25) is 14.2 Å². The lowest BCUT2D eigenvalue weighted by molar-refractivity contribution is -0.870. The number of unbranched alkanes of at least 4 members (excludes halogenated alkanes) is 29. The lowest BCUT2D eigenvalue weighted by atomic mass is 10.0. The van der Waals surface area contributed by atoms with Crippen LogP contribution in [0.1, 0.15) is 309 Å². The molecular weight excluding hydrogens is 1180 g/mol. The summed E-state index contributed by atoms with van der Waals surface area (Å²) in [7, 11) is 1.13. The van der Waals surface area contributed by atoms with Crippen LogP contribution in [0, 0.1) is 0 Å². The van der Waals surface area contributed by atoms with Crippen LogP contribution in [-0.4, -0.2) is 70.0 Å². The Kier molecular flexibility index (Phi) is 69.5. The molecule has 2 atom stereocenters. The molecule has 0 fully saturated rings. The van der Waals surface area contributed by atoms with Gasteiger partial charge in [0.1, 0.15) is 19.8 Å². The second-order valence-corrected chi connectivity index (χ2v) is 27.7. The third-order valence-corrected chi connectivity index (χ3v) is 17.0. The Morgan fingerprint density at radius 2 is 0.574 bits per heavy atom. The summed E-state index contributed by atoms with van der Waals surface area (Å²) in [4.78, 5) is 38.1. The molecule has 2 unspecified atom stereocenters. The summed E-state index contributed by atoms with van der Waals surface area (Å²) in [5.74, 6) is -0.871. The van der Waals surface area contributed by atoms with Gasteiger partial charge in [0, 0.05) is 12.8 Å². The molecule has 0 aliphatic heterocycles. The van der Waals surface area contributed by atoms with Crippen molar-refractivity contribution in [3.8, 4) is 0 Å². The summed E-state index contributed by atoms with van der Waals surface area (Å²) in [6, 6.07) is 0. The van der Waals surface area contributed by atoms with Crippen molar-refractivity contribution in [1.82, 2.24) is 0 Å². The molecule has 0 radical (unpaired) electrons. The molecule has 0 heterocycles. The molecule has 0 N–H and O–H groups in total. The molecule has 0 aliphatic carbocycles. The van der Waals surface area contributed by atoms with Crippen LogP contribution in [-0.2, 0) is 32.7 Å². The molecule has 0 aromatic carbocycles. The summed E-state index contributed by atoms with van der Waals surface area (Å²) in [6.07, 6.45) is 109. The number of quaternary nitrogens is 1. The lowest BCUT2D eigenvalue weighted by Gasteiger charge is -2.28. The SMILES string of the molecule is CC/C=C\C/C=C\C/C=C\C/C=C\C/C=C\C/C=C\C/C=C\C/C=C\C/C=C\CCCCCC(=O)OC(COC(=O)CCCCCCCCCCCCCCCCCCCCCCCCCCCC/C=C\C/C=C\C/C=C\C/C=C\CC)COP(=O)([O-])OCC[N+](C)(C)C. The van der Waals surface area contributed by atoms with E-state index in [1.54, 1.807) is 0 Å². The summed E-state index contributed by atoms with van der Waals surface area (Å²) in [6.45, 7) is 3.99. The van der Waals surface area contributed by atoms with Crippen LogP contribution in [0.15, 0.2) is 158 Å². The van der Waals surface area contributed by atoms with Crippen LogP contribution in [0.5, 0.6) is 0 Å². The molecule has 0 rings (SSSR count). The molecule has 536 valence electrons. The Balaban J connectivity index is 4.04. The lowest BCUT2D eigenvalue weighted by Crippen LogP contribution is -2.37. The zero-order valence-electron chi connectivity index (χ0n) is 61.1. The third-order valence-electron chi connectivity index (χ3n) is 16.0. The van der Waals surface area contributed by atoms with Crippen molar-refractivity contribution < 1.29 is 42.1 Å². The van der Waals surface area contributed by atoms with Gasteiger partial charge in [0.2, 0.25) is 0 Å². The number of hydrogen-bond acceptors (Lipinski definition) is 8. The third kappa shape index (κ3) is 76.6. The van der Waals surface area contributed by atoms with E-state index in [1.165, 1.54) is 154 Å². The minimum atomic E-state index is -4.66. The van der Waals surface area contributed by atoms with Gasteiger partial charge in [0.15, 0.2) is 6.10 Å². The number of phosphoric ester groups is 1. The van der Waals surface area contributed by atoms with Crippen LogP contribution >= 0.6 is 7.82 Å². The standard InChI is InChI=1S/C84H142NO8P/c1-6-8-10-12-14-16-18-20-22-24-26-28-30-32-34-36-38-39-40-41-42-43-44-45-47-48-50-52-54-56-58-60-62-64-66-68-70-72-74-76-83(86)90-80-82(81-92-94(88,89)91-79-78-85(3,4)5)93-84(87)77-75-73-71-69-67-65-63-61-59-57-55-53-51-49-46-37-35-33-31-29-27-25-23-21-19-17-15-13-11-9-7-2/h8-11,14-17,20-23,26-29,33,35,46,49,53,55,59,61,65,67,82H,6-7,12-13,18-19,24-25,30-32,34,36-45,47-48,50-52,54,56-58,60,62-64,66,68-81H2,1-5H3/b10-8-,11-9-,16-14-,17-15-,22-20-,23-21-,28-26-,29-27-,35-33-,49-46-,55-53-,61-59-,67-65-. The van der Waals surface area contributed by atoms with Crippen molar-refractivity contribution in [1.29, 1.82) is 0 Å². The van der Waals surface area contributed by atoms with E-state index in [-0.39, 0.29) is 26.1 Å². The number of ether oxygens (including phenoxy) is 2. The first-order valence-corrected chi connectivity index (χ1v) is 39.7. The second kappa shape index (κ2) is 72.9. The van der Waals surface area contributed by atoms with Crippen LogP contribution in [0.4, 0.5) is 0 Å². The fourth-order valence-corrected chi connectivity index (χ4v) is 11.0. The van der Waals surface area contributed by atoms with E-state index in [2.05, 4.69) is 172 Å². The van der Waals surface area contributed by atoms with Crippen molar-refractivity contribution in [3.63, 3.8) is 0 Å². The highest BCUT2D eigenvalue weighted by Crippen LogP contribution is 2.38. The number of carbonyl (C=O) groups excluding carboxylic acids is 2. The Morgan fingerprint density at radius 1 is 0.330 bits per heavy atom. The summed E-state index contributed by atoms with van der Waals surface area (Å²) in [5, 5.41) is 0. The van der Waals surface area contributed by atoms with Gasteiger partial charge in [-0.15, -0.1) is 0 Å². The second-order valence-electron chi connectivity index (χ2n) is 26.3. The first-order chi connectivity index (χ1) is 46.0. The molecule has 0 bridgehead atoms. The van der Waals surface area contributed by atoms with Gasteiger partial charge in [-0.1, -0.05) is 332 Å². The van der Waals surface area contributed by atoms with Crippen molar-refractivity contribution in [3.05, 3.63) is 158 Å². The number of hydrogen-bond donors (Lipinski definition) is 0. The summed E-state index contributed by atoms with van der Waals surface area (Å²) in [5.41, 5.74) is 0. The average molecular weight is 1330 g/mol. The minimum absolute atomic E-state index is 0.0440. The molecule has 0 amide bonds. The Morgan fingerprint density at radius 3 is 0.862 bits per heavy atom. The largest absolute Gasteiger partial charge is 0.756 e. The van der Waals surface area contributed by atoms with Crippen molar-refractivity contribution in [2.24, 2.45) is 0 Å². The smallest absolute Gasteiger partial charge is 0.306 e. The van der Waals surface area contributed by atoms with Crippen LogP contribution in [0.25, 0.3) is 0 Å². The maximum Gasteiger partial charge on any atom is 0.306 e. The molecular formula is C84H142NO8P. The minimum Gasteiger partial charge on any atom is -0.756 e. The monoisotopic (exact) mass is 1320 g/mol. The van der Waals surface area contributed by atoms with Gasteiger partial charge >= 0.3 is 11.9 Å². The van der Waals surface area contributed by atoms with Gasteiger partial charge < -0.3 is 27.9 Å². The number of nitrogens with zero attached hydrogens (tertiary/aromatic N) is 1. The molecule has 10 heteroatoms. The predicted molar refractivity (Wildman–Crippen MR) is 406 cm³/mol. The number of carbonyl (C=O) groups is 2. The van der Waals surface area contributed by atoms with E-state index in [1.807, 2.05) is 21.1 Å². The molecule has 0 aromatic heterocycles. The fourth-order valence-electron chi connectivity index (χ4n) is 10.3. The maximum absolute atomic E-state index is 12.9. The predicted octanol–water partition coefficient (Wildman–Crippen LogP) is 24.9. The van der Waals surface area contributed by atoms with Crippen LogP contribution in [0.3, 0.4) is 0 Å². The fraction of sp³-hybridized carbons (Fsp3) is 0.667. The molecule has 0 saturated heterocycles. The highest BCUT2D eigenvalue weighted by molar-refractivity contribution is 7.45. The number of phosphoric acid groups is 1. The zero-order valence-corrected chi connectivity index (χ0v) is 62.0. The molecule has 94 heavy (non-hydrogen) atoms. The van der Waals surface area contributed by atoms with Crippen molar-refractivity contribution in [2.75, 3.05) is 47.5 Å².